The van der Waals surface area contributed by atoms with Crippen molar-refractivity contribution in [1.82, 2.24) is 19.8 Å². The van der Waals surface area contributed by atoms with Gasteiger partial charge in [-0.1, -0.05) is 18.7 Å². The standard InChI is InChI=1S/C33H43N7O3/c1-5-30(41)39-18-17-38(20-24(39)14-15-34)31-26-13-12-23(40-22-33(2,3)43-29-11-7-6-10-28(29)40)19-27(26)35-32(36-31)42-21-25-9-8-16-37(25)4/h5-7,10-11,23-25H,1,8-9,12-14,16-22H2,2-4H3/t23?,24-,25-/m0/s1. The van der Waals surface area contributed by atoms with Crippen LogP contribution in [0.15, 0.2) is 36.9 Å². The number of amides is 1. The number of fused-ring (bicyclic) bond motifs is 2. The van der Waals surface area contributed by atoms with Crippen molar-refractivity contribution >= 4 is 17.4 Å². The number of nitrogens with zero attached hydrogens (tertiary/aromatic N) is 7. The minimum atomic E-state index is -0.300. The number of aromatic nitrogens is 2. The molecular weight excluding hydrogens is 542 g/mol. The number of hydrogen-bond acceptors (Lipinski definition) is 9. The van der Waals surface area contributed by atoms with Crippen LogP contribution >= 0.6 is 0 Å². The molecule has 228 valence electrons. The maximum absolute atomic E-state index is 12.6. The number of hydrogen-bond donors (Lipinski definition) is 0. The van der Waals surface area contributed by atoms with E-state index in [0.29, 0.717) is 38.3 Å². The van der Waals surface area contributed by atoms with Gasteiger partial charge in [-0.3, -0.25) is 4.79 Å². The SMILES string of the molecule is C=CC(=O)N1CCN(c2nc(OC[C@@H]3CCCN3C)nc3c2CCC(N2CC(C)(C)Oc4ccccc42)C3)C[C@@H]1CC#N. The summed E-state index contributed by atoms with van der Waals surface area (Å²) in [4.78, 5) is 31.4. The highest BCUT2D eigenvalue weighted by Gasteiger charge is 2.39. The van der Waals surface area contributed by atoms with Gasteiger partial charge in [-0.25, -0.2) is 0 Å². The van der Waals surface area contributed by atoms with E-state index in [1.807, 2.05) is 6.07 Å². The zero-order valence-corrected chi connectivity index (χ0v) is 25.7. The molecule has 1 unspecified atom stereocenters. The average Bonchev–Trinajstić information content (AvgIpc) is 3.42. The second-order valence-electron chi connectivity index (χ2n) is 12.9. The van der Waals surface area contributed by atoms with Crippen molar-refractivity contribution in [1.29, 1.82) is 5.26 Å². The summed E-state index contributed by atoms with van der Waals surface area (Å²) in [5.41, 5.74) is 3.01. The molecule has 3 atom stereocenters. The molecule has 6 rings (SSSR count). The molecule has 4 aliphatic rings. The Morgan fingerprint density at radius 1 is 1.21 bits per heavy atom. The molecule has 2 fully saturated rings. The summed E-state index contributed by atoms with van der Waals surface area (Å²) in [6.07, 6.45) is 6.48. The zero-order chi connectivity index (χ0) is 30.1. The maximum atomic E-state index is 12.6. The molecule has 0 saturated carbocycles. The van der Waals surface area contributed by atoms with E-state index in [1.165, 1.54) is 12.5 Å². The number of carbonyl (C=O) groups excluding carboxylic acids is 1. The smallest absolute Gasteiger partial charge is 0.318 e. The molecule has 2 saturated heterocycles. The zero-order valence-electron chi connectivity index (χ0n) is 25.7. The van der Waals surface area contributed by atoms with E-state index in [4.69, 9.17) is 19.4 Å². The number of para-hydroxylation sites is 2. The van der Waals surface area contributed by atoms with Crippen LogP contribution in [0.4, 0.5) is 11.5 Å². The van der Waals surface area contributed by atoms with Gasteiger partial charge in [-0.05, 0) is 71.3 Å². The monoisotopic (exact) mass is 585 g/mol. The molecule has 0 N–H and O–H groups in total. The first kappa shape index (κ1) is 29.2. The van der Waals surface area contributed by atoms with Gasteiger partial charge in [0.05, 0.1) is 36.5 Å². The Kier molecular flexibility index (Phi) is 8.19. The number of ether oxygens (including phenoxy) is 2. The lowest BCUT2D eigenvalue weighted by molar-refractivity contribution is -0.128. The van der Waals surface area contributed by atoms with Crippen LogP contribution in [0.5, 0.6) is 11.8 Å². The van der Waals surface area contributed by atoms with Gasteiger partial charge in [0.1, 0.15) is 23.8 Å². The molecule has 43 heavy (non-hydrogen) atoms. The number of likely N-dealkylation sites (N-methyl/N-ethyl adjacent to an activating group) is 1. The number of anilines is 2. The third-order valence-electron chi connectivity index (χ3n) is 9.40. The Bertz CT molecular complexity index is 1410. The molecule has 0 radical (unpaired) electrons. The summed E-state index contributed by atoms with van der Waals surface area (Å²) in [6.45, 7) is 12.1. The predicted octanol–water partition coefficient (Wildman–Crippen LogP) is 3.60. The number of likely N-dealkylation sites (tertiary alicyclic amines) is 1. The van der Waals surface area contributed by atoms with E-state index >= 15 is 0 Å². The quantitative estimate of drug-likeness (QED) is 0.452. The fourth-order valence-corrected chi connectivity index (χ4v) is 7.18. The van der Waals surface area contributed by atoms with Crippen molar-refractivity contribution in [3.05, 3.63) is 48.2 Å². The van der Waals surface area contributed by atoms with E-state index in [2.05, 4.69) is 66.4 Å². The van der Waals surface area contributed by atoms with E-state index in [1.54, 1.807) is 4.90 Å². The van der Waals surface area contributed by atoms with Crippen LogP contribution in [0.25, 0.3) is 0 Å². The summed E-state index contributed by atoms with van der Waals surface area (Å²) in [5.74, 6) is 1.67. The van der Waals surface area contributed by atoms with Crippen LogP contribution in [0.1, 0.15) is 50.8 Å². The first-order chi connectivity index (χ1) is 20.8. The number of rotatable bonds is 7. The van der Waals surface area contributed by atoms with Crippen LogP contribution < -0.4 is 19.3 Å². The molecule has 1 aromatic heterocycles. The Hall–Kier alpha value is -3.84. The van der Waals surface area contributed by atoms with Gasteiger partial charge in [0.2, 0.25) is 5.91 Å². The summed E-state index contributed by atoms with van der Waals surface area (Å²) >= 11 is 0. The molecule has 3 aliphatic heterocycles. The summed E-state index contributed by atoms with van der Waals surface area (Å²) in [6, 6.07) is 11.4. The molecule has 2 aromatic rings. The van der Waals surface area contributed by atoms with Gasteiger partial charge in [0.25, 0.3) is 0 Å². The highest BCUT2D eigenvalue weighted by Crippen LogP contribution is 2.41. The molecule has 10 nitrogen and oxygen atoms in total. The lowest BCUT2D eigenvalue weighted by atomic mass is 9.89. The second kappa shape index (κ2) is 12.0. The van der Waals surface area contributed by atoms with E-state index < -0.39 is 0 Å². The maximum Gasteiger partial charge on any atom is 0.318 e. The minimum absolute atomic E-state index is 0.133. The van der Waals surface area contributed by atoms with Crippen LogP contribution in [0.2, 0.25) is 0 Å². The van der Waals surface area contributed by atoms with Gasteiger partial charge in [0.15, 0.2) is 0 Å². The average molecular weight is 586 g/mol. The molecule has 4 heterocycles. The van der Waals surface area contributed by atoms with E-state index in [9.17, 15) is 10.1 Å². The van der Waals surface area contributed by atoms with Gasteiger partial charge >= 0.3 is 6.01 Å². The molecule has 1 amide bonds. The summed E-state index contributed by atoms with van der Waals surface area (Å²) in [5, 5.41) is 9.54. The Labute approximate surface area is 254 Å². The third-order valence-corrected chi connectivity index (χ3v) is 9.40. The first-order valence-corrected chi connectivity index (χ1v) is 15.6. The van der Waals surface area contributed by atoms with Crippen LogP contribution in [0.3, 0.4) is 0 Å². The van der Waals surface area contributed by atoms with Crippen molar-refractivity contribution in [2.45, 2.75) is 76.1 Å². The molecule has 0 bridgehead atoms. The molecule has 0 spiro atoms. The van der Waals surface area contributed by atoms with Crippen LogP contribution in [0, 0.1) is 11.3 Å². The fourth-order valence-electron chi connectivity index (χ4n) is 7.18. The Morgan fingerprint density at radius 3 is 2.81 bits per heavy atom. The lowest BCUT2D eigenvalue weighted by Gasteiger charge is -2.46. The van der Waals surface area contributed by atoms with Crippen LogP contribution in [-0.4, -0.2) is 95.8 Å². The van der Waals surface area contributed by atoms with Crippen molar-refractivity contribution in [3.63, 3.8) is 0 Å². The van der Waals surface area contributed by atoms with Crippen molar-refractivity contribution in [3.8, 4) is 17.8 Å². The van der Waals surface area contributed by atoms with Crippen molar-refractivity contribution < 1.29 is 14.3 Å². The number of piperazine rings is 1. The van der Waals surface area contributed by atoms with Gasteiger partial charge in [-0.15, -0.1) is 0 Å². The molecule has 1 aromatic carbocycles. The molecular formula is C33H43N7O3. The second-order valence-corrected chi connectivity index (χ2v) is 12.9. The van der Waals surface area contributed by atoms with E-state index in [-0.39, 0.29) is 30.0 Å². The number of benzene rings is 1. The highest BCUT2D eigenvalue weighted by atomic mass is 16.5. The largest absolute Gasteiger partial charge is 0.484 e. The number of nitriles is 1. The molecule has 1 aliphatic carbocycles. The fraction of sp³-hybridized carbons (Fsp3) is 0.576. The van der Waals surface area contributed by atoms with Crippen molar-refractivity contribution in [2.75, 3.05) is 56.2 Å². The third kappa shape index (κ3) is 6.00. The van der Waals surface area contributed by atoms with Crippen molar-refractivity contribution in [2.24, 2.45) is 0 Å². The van der Waals surface area contributed by atoms with Gasteiger partial charge in [-0.2, -0.15) is 15.2 Å². The Morgan fingerprint density at radius 2 is 2.05 bits per heavy atom. The van der Waals surface area contributed by atoms with Crippen LogP contribution in [-0.2, 0) is 17.6 Å². The minimum Gasteiger partial charge on any atom is -0.484 e. The summed E-state index contributed by atoms with van der Waals surface area (Å²) in [7, 11) is 2.14. The highest BCUT2D eigenvalue weighted by molar-refractivity contribution is 5.87. The predicted molar refractivity (Wildman–Crippen MR) is 166 cm³/mol. The van der Waals surface area contributed by atoms with Gasteiger partial charge < -0.3 is 29.1 Å². The number of carbonyl (C=O) groups is 1. The Balaban J connectivity index is 1.31. The summed E-state index contributed by atoms with van der Waals surface area (Å²) < 4.78 is 12.6. The first-order valence-electron chi connectivity index (χ1n) is 15.6. The lowest BCUT2D eigenvalue weighted by Crippen LogP contribution is -2.55. The topological polar surface area (TPSA) is 98.1 Å². The normalized spacial score (nSPS) is 24.9. The van der Waals surface area contributed by atoms with E-state index in [0.717, 1.165) is 67.3 Å². The molecule has 10 heteroatoms. The van der Waals surface area contributed by atoms with Gasteiger partial charge in [0, 0.05) is 43.7 Å².